The van der Waals surface area contributed by atoms with Crippen molar-refractivity contribution in [3.63, 3.8) is 0 Å². The van der Waals surface area contributed by atoms with Gasteiger partial charge in [0.05, 0.1) is 0 Å². The first-order valence-electron chi connectivity index (χ1n) is 6.77. The Bertz CT molecular complexity index is 766. The third-order valence-corrected chi connectivity index (χ3v) is 3.14. The molecule has 1 N–H and O–H groups in total. The quantitative estimate of drug-likeness (QED) is 0.798. The lowest BCUT2D eigenvalue weighted by atomic mass is 10.1. The highest BCUT2D eigenvalue weighted by Gasteiger charge is 2.06. The number of fused-ring (bicyclic) bond motifs is 1. The van der Waals surface area contributed by atoms with Gasteiger partial charge in [-0.25, -0.2) is 4.98 Å². The summed E-state index contributed by atoms with van der Waals surface area (Å²) in [6.07, 6.45) is 4.59. The molecule has 0 saturated heterocycles. The molecule has 106 valence electrons. The number of aromatic nitrogens is 2. The molecule has 0 atom stereocenters. The number of pyridine rings is 1. The van der Waals surface area contributed by atoms with Gasteiger partial charge in [0.25, 0.3) is 0 Å². The Kier molecular flexibility index (Phi) is 3.64. The highest BCUT2D eigenvalue weighted by Crippen LogP contribution is 2.19. The van der Waals surface area contributed by atoms with Gasteiger partial charge in [-0.2, -0.15) is 0 Å². The fourth-order valence-corrected chi connectivity index (χ4v) is 2.15. The van der Waals surface area contributed by atoms with Gasteiger partial charge in [0.1, 0.15) is 5.52 Å². The van der Waals surface area contributed by atoms with E-state index in [1.165, 1.54) is 0 Å². The van der Waals surface area contributed by atoms with E-state index in [4.69, 9.17) is 4.42 Å². The number of anilines is 1. The minimum atomic E-state index is -0.0292. The summed E-state index contributed by atoms with van der Waals surface area (Å²) in [5.74, 6) is 0.587. The van der Waals surface area contributed by atoms with Crippen LogP contribution in [-0.4, -0.2) is 15.9 Å². The average Bonchev–Trinajstić information content (AvgIpc) is 2.85. The van der Waals surface area contributed by atoms with Crippen LogP contribution < -0.4 is 5.32 Å². The molecule has 0 unspecified atom stereocenters. The van der Waals surface area contributed by atoms with E-state index < -0.39 is 0 Å². The predicted molar refractivity (Wildman–Crippen MR) is 79.9 cm³/mol. The second-order valence-electron chi connectivity index (χ2n) is 4.82. The second-order valence-corrected chi connectivity index (χ2v) is 4.82. The van der Waals surface area contributed by atoms with Gasteiger partial charge in [-0.3, -0.25) is 9.78 Å². The maximum atomic E-state index is 12.0. The zero-order chi connectivity index (χ0) is 14.7. The van der Waals surface area contributed by atoms with E-state index in [0.717, 1.165) is 22.4 Å². The van der Waals surface area contributed by atoms with E-state index in [9.17, 15) is 4.79 Å². The van der Waals surface area contributed by atoms with Crippen LogP contribution in [0, 0.1) is 6.92 Å². The van der Waals surface area contributed by atoms with E-state index >= 15 is 0 Å². The van der Waals surface area contributed by atoms with Crippen molar-refractivity contribution in [3.05, 3.63) is 54.2 Å². The average molecular weight is 281 g/mol. The van der Waals surface area contributed by atoms with E-state index in [1.807, 2.05) is 30.3 Å². The minimum Gasteiger partial charge on any atom is -0.441 e. The lowest BCUT2D eigenvalue weighted by Gasteiger charge is -2.05. The predicted octanol–water partition coefficient (Wildman–Crippen LogP) is 3.10. The number of nitrogens with one attached hydrogen (secondary N) is 1. The SMILES string of the molecule is Cc1nc2cc(NC(=O)CCc3cccnc3)ccc2o1. The van der Waals surface area contributed by atoms with Crippen molar-refractivity contribution >= 4 is 22.7 Å². The monoisotopic (exact) mass is 281 g/mol. The molecule has 0 fully saturated rings. The Hall–Kier alpha value is -2.69. The van der Waals surface area contributed by atoms with Crippen LogP contribution in [0.15, 0.2) is 47.1 Å². The molecule has 2 heterocycles. The maximum absolute atomic E-state index is 12.0. The number of hydrogen-bond acceptors (Lipinski definition) is 4. The molecule has 1 amide bonds. The van der Waals surface area contributed by atoms with Crippen LogP contribution in [0.3, 0.4) is 0 Å². The molecule has 0 bridgehead atoms. The fraction of sp³-hybridized carbons (Fsp3) is 0.188. The number of hydrogen-bond donors (Lipinski definition) is 1. The van der Waals surface area contributed by atoms with Gasteiger partial charge in [0, 0.05) is 31.4 Å². The molecule has 0 aliphatic rings. The second kappa shape index (κ2) is 5.75. The molecule has 2 aromatic heterocycles. The largest absolute Gasteiger partial charge is 0.441 e. The van der Waals surface area contributed by atoms with Crippen LogP contribution in [0.5, 0.6) is 0 Å². The number of carbonyl (C=O) groups excluding carboxylic acids is 1. The molecular formula is C16H15N3O2. The van der Waals surface area contributed by atoms with Gasteiger partial charge in [0.2, 0.25) is 5.91 Å². The maximum Gasteiger partial charge on any atom is 0.224 e. The Morgan fingerprint density at radius 2 is 2.24 bits per heavy atom. The van der Waals surface area contributed by atoms with Crippen molar-refractivity contribution in [1.82, 2.24) is 9.97 Å². The van der Waals surface area contributed by atoms with Crippen molar-refractivity contribution in [2.75, 3.05) is 5.32 Å². The molecule has 0 spiro atoms. The van der Waals surface area contributed by atoms with Crippen molar-refractivity contribution in [1.29, 1.82) is 0 Å². The van der Waals surface area contributed by atoms with Gasteiger partial charge in [0.15, 0.2) is 11.5 Å². The smallest absolute Gasteiger partial charge is 0.224 e. The molecule has 5 nitrogen and oxygen atoms in total. The zero-order valence-corrected chi connectivity index (χ0v) is 11.7. The number of oxazole rings is 1. The van der Waals surface area contributed by atoms with Crippen molar-refractivity contribution in [2.45, 2.75) is 19.8 Å². The van der Waals surface area contributed by atoms with Gasteiger partial charge in [-0.15, -0.1) is 0 Å². The van der Waals surface area contributed by atoms with Crippen molar-refractivity contribution in [3.8, 4) is 0 Å². The molecule has 0 radical (unpaired) electrons. The van der Waals surface area contributed by atoms with Crippen LogP contribution >= 0.6 is 0 Å². The standard InChI is InChI=1S/C16H15N3O2/c1-11-18-14-9-13(5-6-15(14)21-11)19-16(20)7-4-12-3-2-8-17-10-12/h2-3,5-6,8-10H,4,7H2,1H3,(H,19,20). The van der Waals surface area contributed by atoms with Crippen LogP contribution in [-0.2, 0) is 11.2 Å². The van der Waals surface area contributed by atoms with Crippen LogP contribution in [0.2, 0.25) is 0 Å². The summed E-state index contributed by atoms with van der Waals surface area (Å²) in [4.78, 5) is 20.2. The Balaban J connectivity index is 1.63. The zero-order valence-electron chi connectivity index (χ0n) is 11.7. The molecule has 0 aliphatic carbocycles. The van der Waals surface area contributed by atoms with Crippen molar-refractivity contribution in [2.24, 2.45) is 0 Å². The number of aryl methyl sites for hydroxylation is 2. The topological polar surface area (TPSA) is 68.0 Å². The molecule has 3 rings (SSSR count). The summed E-state index contributed by atoms with van der Waals surface area (Å²) in [7, 11) is 0. The molecule has 21 heavy (non-hydrogen) atoms. The van der Waals surface area contributed by atoms with Gasteiger partial charge in [-0.05, 0) is 36.2 Å². The molecule has 5 heteroatoms. The van der Waals surface area contributed by atoms with Gasteiger partial charge in [-0.1, -0.05) is 6.07 Å². The Morgan fingerprint density at radius 3 is 3.05 bits per heavy atom. The number of rotatable bonds is 4. The molecule has 1 aromatic carbocycles. The van der Waals surface area contributed by atoms with E-state index in [0.29, 0.717) is 18.7 Å². The fourth-order valence-electron chi connectivity index (χ4n) is 2.15. The molecule has 0 saturated carbocycles. The summed E-state index contributed by atoms with van der Waals surface area (Å²) in [6.45, 7) is 1.80. The summed E-state index contributed by atoms with van der Waals surface area (Å²) in [5, 5.41) is 2.87. The first-order valence-corrected chi connectivity index (χ1v) is 6.77. The van der Waals surface area contributed by atoms with Gasteiger partial charge < -0.3 is 9.73 Å². The first-order chi connectivity index (χ1) is 10.2. The number of nitrogens with zero attached hydrogens (tertiary/aromatic N) is 2. The number of carbonyl (C=O) groups is 1. The number of benzene rings is 1. The third kappa shape index (κ3) is 3.25. The Labute approximate surface area is 122 Å². The Morgan fingerprint density at radius 1 is 1.33 bits per heavy atom. The lowest BCUT2D eigenvalue weighted by Crippen LogP contribution is -2.12. The summed E-state index contributed by atoms with van der Waals surface area (Å²) < 4.78 is 5.40. The minimum absolute atomic E-state index is 0.0292. The summed E-state index contributed by atoms with van der Waals surface area (Å²) >= 11 is 0. The van der Waals surface area contributed by atoms with E-state index in [-0.39, 0.29) is 5.91 Å². The van der Waals surface area contributed by atoms with Crippen molar-refractivity contribution < 1.29 is 9.21 Å². The van der Waals surface area contributed by atoms with Crippen LogP contribution in [0.4, 0.5) is 5.69 Å². The highest BCUT2D eigenvalue weighted by molar-refractivity contribution is 5.92. The molecule has 3 aromatic rings. The summed E-state index contributed by atoms with van der Waals surface area (Å²) in [5.41, 5.74) is 3.25. The molecular weight excluding hydrogens is 266 g/mol. The van der Waals surface area contributed by atoms with E-state index in [1.54, 1.807) is 19.3 Å². The van der Waals surface area contributed by atoms with Crippen LogP contribution in [0.1, 0.15) is 17.9 Å². The highest BCUT2D eigenvalue weighted by atomic mass is 16.3. The summed E-state index contributed by atoms with van der Waals surface area (Å²) in [6, 6.07) is 9.27. The lowest BCUT2D eigenvalue weighted by molar-refractivity contribution is -0.116. The van der Waals surface area contributed by atoms with Gasteiger partial charge >= 0.3 is 0 Å². The number of amides is 1. The van der Waals surface area contributed by atoms with E-state index in [2.05, 4.69) is 15.3 Å². The molecule has 0 aliphatic heterocycles. The third-order valence-electron chi connectivity index (χ3n) is 3.14. The van der Waals surface area contributed by atoms with Crippen LogP contribution in [0.25, 0.3) is 11.1 Å². The first kappa shape index (κ1) is 13.3. The normalized spacial score (nSPS) is 10.7.